The van der Waals surface area contributed by atoms with Gasteiger partial charge in [-0.1, -0.05) is 30.2 Å². The summed E-state index contributed by atoms with van der Waals surface area (Å²) < 4.78 is 0. The van der Waals surface area contributed by atoms with Gasteiger partial charge >= 0.3 is 0 Å². The van der Waals surface area contributed by atoms with Crippen LogP contribution in [0, 0.1) is 0 Å². The Bertz CT molecular complexity index is 451. The van der Waals surface area contributed by atoms with Gasteiger partial charge in [0.2, 0.25) is 5.91 Å². The molecule has 1 saturated heterocycles. The number of carbonyl (C=O) groups excluding carboxylic acids is 1. The van der Waals surface area contributed by atoms with Gasteiger partial charge in [-0.2, -0.15) is 0 Å². The van der Waals surface area contributed by atoms with Gasteiger partial charge in [-0.25, -0.2) is 0 Å². The van der Waals surface area contributed by atoms with E-state index in [1.165, 1.54) is 12.8 Å². The Labute approximate surface area is 143 Å². The predicted molar refractivity (Wildman–Crippen MR) is 93.4 cm³/mol. The summed E-state index contributed by atoms with van der Waals surface area (Å²) in [7, 11) is 0. The van der Waals surface area contributed by atoms with E-state index in [-0.39, 0.29) is 18.3 Å². The van der Waals surface area contributed by atoms with Crippen LogP contribution in [0.25, 0.3) is 0 Å². The van der Waals surface area contributed by atoms with E-state index in [1.807, 2.05) is 24.3 Å². The van der Waals surface area contributed by atoms with Crippen molar-refractivity contribution in [1.82, 2.24) is 10.2 Å². The van der Waals surface area contributed by atoms with E-state index in [0.717, 1.165) is 24.9 Å². The molecule has 0 aromatic heterocycles. The molecule has 1 aliphatic heterocycles. The van der Waals surface area contributed by atoms with Crippen molar-refractivity contribution < 1.29 is 4.79 Å². The van der Waals surface area contributed by atoms with Gasteiger partial charge in [0.15, 0.2) is 0 Å². The maximum atomic E-state index is 12.1. The molecule has 2 rings (SSSR count). The molecule has 0 spiro atoms. The average Bonchev–Trinajstić information content (AvgIpc) is 2.49. The molecule has 1 aromatic carbocycles. The number of carbonyl (C=O) groups is 1. The lowest BCUT2D eigenvalue weighted by molar-refractivity contribution is -0.123. The molecule has 124 valence electrons. The minimum absolute atomic E-state index is 0. The summed E-state index contributed by atoms with van der Waals surface area (Å²) in [6.45, 7) is 2.70. The second kappa shape index (κ2) is 10.1. The Morgan fingerprint density at radius 1 is 1.32 bits per heavy atom. The SMILES string of the molecule is Cl.NCCC1CCCCN1CC(=O)NCc1ccc(Cl)cc1. The number of hydrogen-bond acceptors (Lipinski definition) is 3. The van der Waals surface area contributed by atoms with Crippen molar-refractivity contribution in [2.45, 2.75) is 38.3 Å². The summed E-state index contributed by atoms with van der Waals surface area (Å²) in [5.41, 5.74) is 6.72. The number of amides is 1. The first-order chi connectivity index (χ1) is 10.2. The van der Waals surface area contributed by atoms with Crippen LogP contribution < -0.4 is 11.1 Å². The van der Waals surface area contributed by atoms with Gasteiger partial charge in [-0.15, -0.1) is 12.4 Å². The van der Waals surface area contributed by atoms with Crippen molar-refractivity contribution in [3.63, 3.8) is 0 Å². The van der Waals surface area contributed by atoms with E-state index >= 15 is 0 Å². The zero-order valence-corrected chi connectivity index (χ0v) is 14.3. The number of nitrogens with two attached hydrogens (primary N) is 1. The van der Waals surface area contributed by atoms with Gasteiger partial charge in [0, 0.05) is 17.6 Å². The lowest BCUT2D eigenvalue weighted by Crippen LogP contribution is -2.46. The fourth-order valence-electron chi connectivity index (χ4n) is 2.83. The van der Waals surface area contributed by atoms with Crippen LogP contribution >= 0.6 is 24.0 Å². The van der Waals surface area contributed by atoms with Gasteiger partial charge in [0.1, 0.15) is 0 Å². The van der Waals surface area contributed by atoms with E-state index < -0.39 is 0 Å². The maximum absolute atomic E-state index is 12.1. The van der Waals surface area contributed by atoms with Crippen LogP contribution in [0.2, 0.25) is 5.02 Å². The number of halogens is 2. The first kappa shape index (κ1) is 19.2. The van der Waals surface area contributed by atoms with Gasteiger partial charge < -0.3 is 11.1 Å². The normalized spacial score (nSPS) is 18.5. The van der Waals surface area contributed by atoms with Crippen molar-refractivity contribution in [2.75, 3.05) is 19.6 Å². The van der Waals surface area contributed by atoms with Crippen molar-refractivity contribution in [3.05, 3.63) is 34.9 Å². The highest BCUT2D eigenvalue weighted by Crippen LogP contribution is 2.18. The topological polar surface area (TPSA) is 58.4 Å². The number of piperidine rings is 1. The molecule has 1 unspecified atom stereocenters. The number of nitrogens with one attached hydrogen (secondary N) is 1. The van der Waals surface area contributed by atoms with Gasteiger partial charge in [0.05, 0.1) is 6.54 Å². The lowest BCUT2D eigenvalue weighted by atomic mass is 9.99. The van der Waals surface area contributed by atoms with Crippen LogP contribution in [0.3, 0.4) is 0 Å². The fraction of sp³-hybridized carbons (Fsp3) is 0.562. The molecular weight excluding hydrogens is 321 g/mol. The van der Waals surface area contributed by atoms with E-state index in [1.54, 1.807) is 0 Å². The summed E-state index contributed by atoms with van der Waals surface area (Å²) in [6.07, 6.45) is 4.55. The Hall–Kier alpha value is -0.810. The maximum Gasteiger partial charge on any atom is 0.234 e. The molecule has 1 aromatic rings. The summed E-state index contributed by atoms with van der Waals surface area (Å²) >= 11 is 5.84. The Morgan fingerprint density at radius 3 is 2.73 bits per heavy atom. The van der Waals surface area contributed by atoms with Gasteiger partial charge in [0.25, 0.3) is 0 Å². The minimum Gasteiger partial charge on any atom is -0.351 e. The summed E-state index contributed by atoms with van der Waals surface area (Å²) in [4.78, 5) is 14.4. The quantitative estimate of drug-likeness (QED) is 0.832. The van der Waals surface area contributed by atoms with Crippen molar-refractivity contribution in [2.24, 2.45) is 5.73 Å². The Kier molecular flexibility index (Phi) is 8.79. The Morgan fingerprint density at radius 2 is 2.05 bits per heavy atom. The molecule has 0 aliphatic carbocycles. The summed E-state index contributed by atoms with van der Waals surface area (Å²) in [6, 6.07) is 8.00. The molecule has 1 aliphatic rings. The molecule has 0 saturated carbocycles. The van der Waals surface area contributed by atoms with Crippen molar-refractivity contribution in [1.29, 1.82) is 0 Å². The number of hydrogen-bond donors (Lipinski definition) is 2. The summed E-state index contributed by atoms with van der Waals surface area (Å²) in [5.74, 6) is 0.0777. The monoisotopic (exact) mass is 345 g/mol. The molecule has 4 nitrogen and oxygen atoms in total. The molecule has 1 atom stereocenters. The highest BCUT2D eigenvalue weighted by atomic mass is 35.5. The van der Waals surface area contributed by atoms with E-state index in [9.17, 15) is 4.79 Å². The Balaban J connectivity index is 0.00000242. The van der Waals surface area contributed by atoms with Crippen LogP contribution in [0.5, 0.6) is 0 Å². The summed E-state index contributed by atoms with van der Waals surface area (Å²) in [5, 5.41) is 3.68. The third kappa shape index (κ3) is 6.13. The number of rotatable bonds is 6. The average molecular weight is 346 g/mol. The first-order valence-corrected chi connectivity index (χ1v) is 8.02. The number of benzene rings is 1. The molecule has 0 radical (unpaired) electrons. The van der Waals surface area contributed by atoms with Crippen LogP contribution in [-0.2, 0) is 11.3 Å². The highest BCUT2D eigenvalue weighted by molar-refractivity contribution is 6.30. The molecule has 22 heavy (non-hydrogen) atoms. The largest absolute Gasteiger partial charge is 0.351 e. The standard InChI is InChI=1S/C16H24ClN3O.ClH/c17-14-6-4-13(5-7-14)11-19-16(21)12-20-10-2-1-3-15(20)8-9-18;/h4-7,15H,1-3,8-12,18H2,(H,19,21);1H. The van der Waals surface area contributed by atoms with Gasteiger partial charge in [-0.3, -0.25) is 9.69 Å². The predicted octanol–water partition coefficient (Wildman–Crippen LogP) is 2.58. The van der Waals surface area contributed by atoms with Crippen LogP contribution in [-0.4, -0.2) is 36.5 Å². The smallest absolute Gasteiger partial charge is 0.234 e. The van der Waals surface area contributed by atoms with Crippen molar-refractivity contribution >= 4 is 29.9 Å². The molecular formula is C16H25Cl2N3O. The molecule has 6 heteroatoms. The van der Waals surface area contributed by atoms with Crippen LogP contribution in [0.4, 0.5) is 0 Å². The number of likely N-dealkylation sites (tertiary alicyclic amines) is 1. The first-order valence-electron chi connectivity index (χ1n) is 7.64. The van der Waals surface area contributed by atoms with Crippen LogP contribution in [0.15, 0.2) is 24.3 Å². The molecule has 1 fully saturated rings. The van der Waals surface area contributed by atoms with E-state index in [2.05, 4.69) is 10.2 Å². The molecule has 1 amide bonds. The molecule has 0 bridgehead atoms. The fourth-order valence-corrected chi connectivity index (χ4v) is 2.96. The van der Waals surface area contributed by atoms with Crippen molar-refractivity contribution in [3.8, 4) is 0 Å². The van der Waals surface area contributed by atoms with Gasteiger partial charge in [-0.05, 0) is 50.0 Å². The van der Waals surface area contributed by atoms with E-state index in [0.29, 0.717) is 30.7 Å². The second-order valence-corrected chi connectivity index (χ2v) is 6.04. The highest BCUT2D eigenvalue weighted by Gasteiger charge is 2.23. The third-order valence-corrected chi connectivity index (χ3v) is 4.25. The van der Waals surface area contributed by atoms with E-state index in [4.69, 9.17) is 17.3 Å². The number of nitrogens with zero attached hydrogens (tertiary/aromatic N) is 1. The zero-order valence-electron chi connectivity index (χ0n) is 12.8. The third-order valence-electron chi connectivity index (χ3n) is 4.00. The lowest BCUT2D eigenvalue weighted by Gasteiger charge is -2.35. The second-order valence-electron chi connectivity index (χ2n) is 5.60. The molecule has 1 heterocycles. The molecule has 3 N–H and O–H groups in total. The minimum atomic E-state index is 0. The zero-order chi connectivity index (χ0) is 15.1. The van der Waals surface area contributed by atoms with Crippen LogP contribution in [0.1, 0.15) is 31.2 Å².